The van der Waals surface area contributed by atoms with Crippen LogP contribution < -0.4 is 5.32 Å². The van der Waals surface area contributed by atoms with Gasteiger partial charge in [0, 0.05) is 32.3 Å². The maximum atomic E-state index is 5.15. The van der Waals surface area contributed by atoms with Crippen LogP contribution in [0.2, 0.25) is 0 Å². The summed E-state index contributed by atoms with van der Waals surface area (Å²) in [5.41, 5.74) is 0. The molecule has 1 aliphatic carbocycles. The molecule has 0 amide bonds. The molecule has 0 saturated heterocycles. The fourth-order valence-corrected chi connectivity index (χ4v) is 2.00. The molecular weight excluding hydrogens is 188 g/mol. The molecule has 90 valence electrons. The smallest absolute Gasteiger partial charge is 0.0589 e. The zero-order chi connectivity index (χ0) is 11.3. The molecule has 1 N–H and O–H groups in total. The van der Waals surface area contributed by atoms with E-state index >= 15 is 0 Å². The highest BCUT2D eigenvalue weighted by molar-refractivity contribution is 4.88. The van der Waals surface area contributed by atoms with Gasteiger partial charge in [-0.1, -0.05) is 0 Å². The van der Waals surface area contributed by atoms with Crippen LogP contribution in [0.5, 0.6) is 0 Å². The van der Waals surface area contributed by atoms with E-state index in [4.69, 9.17) is 4.74 Å². The molecule has 3 heteroatoms. The summed E-state index contributed by atoms with van der Waals surface area (Å²) >= 11 is 0. The first-order chi connectivity index (χ1) is 7.19. The van der Waals surface area contributed by atoms with Gasteiger partial charge in [-0.3, -0.25) is 4.90 Å². The minimum atomic E-state index is 0.606. The summed E-state index contributed by atoms with van der Waals surface area (Å²) < 4.78 is 5.15. The van der Waals surface area contributed by atoms with E-state index in [2.05, 4.69) is 31.1 Å². The predicted molar refractivity (Wildman–Crippen MR) is 64.2 cm³/mol. The van der Waals surface area contributed by atoms with E-state index in [0.717, 1.165) is 25.6 Å². The van der Waals surface area contributed by atoms with Crippen molar-refractivity contribution < 1.29 is 4.74 Å². The average Bonchev–Trinajstić information content (AvgIpc) is 3.01. The van der Waals surface area contributed by atoms with Gasteiger partial charge in [0.05, 0.1) is 6.61 Å². The Bertz CT molecular complexity index is 169. The van der Waals surface area contributed by atoms with E-state index in [1.807, 2.05) is 0 Å². The number of hydrogen-bond acceptors (Lipinski definition) is 3. The lowest BCUT2D eigenvalue weighted by molar-refractivity contribution is 0.119. The molecule has 0 aromatic rings. The van der Waals surface area contributed by atoms with Crippen molar-refractivity contribution in [3.8, 4) is 0 Å². The van der Waals surface area contributed by atoms with Crippen LogP contribution in [0.3, 0.4) is 0 Å². The van der Waals surface area contributed by atoms with Crippen molar-refractivity contribution in [2.75, 3.05) is 33.9 Å². The van der Waals surface area contributed by atoms with E-state index in [9.17, 15) is 0 Å². The Hall–Kier alpha value is -0.120. The summed E-state index contributed by atoms with van der Waals surface area (Å²) in [5.74, 6) is 0.916. The Balaban J connectivity index is 2.33. The van der Waals surface area contributed by atoms with Gasteiger partial charge in [0.25, 0.3) is 0 Å². The zero-order valence-electron chi connectivity index (χ0n) is 10.6. The lowest BCUT2D eigenvalue weighted by Gasteiger charge is -2.30. The molecule has 3 nitrogen and oxygen atoms in total. The van der Waals surface area contributed by atoms with Gasteiger partial charge in [-0.05, 0) is 39.7 Å². The molecule has 0 bridgehead atoms. The first-order valence-electron chi connectivity index (χ1n) is 6.09. The summed E-state index contributed by atoms with van der Waals surface area (Å²) in [6.07, 6.45) is 2.81. The van der Waals surface area contributed by atoms with Crippen molar-refractivity contribution in [3.63, 3.8) is 0 Å². The van der Waals surface area contributed by atoms with Crippen molar-refractivity contribution in [1.82, 2.24) is 10.2 Å². The first-order valence-corrected chi connectivity index (χ1v) is 6.09. The number of likely N-dealkylation sites (N-methyl/N-ethyl adjacent to an activating group) is 1. The third-order valence-corrected chi connectivity index (χ3v) is 3.31. The number of methoxy groups -OCH3 is 1. The molecule has 0 aromatic heterocycles. The normalized spacial score (nSPS) is 18.8. The molecule has 0 heterocycles. The summed E-state index contributed by atoms with van der Waals surface area (Å²) in [4.78, 5) is 2.50. The van der Waals surface area contributed by atoms with Crippen LogP contribution in [0.1, 0.15) is 26.7 Å². The van der Waals surface area contributed by atoms with Crippen molar-refractivity contribution in [2.24, 2.45) is 5.92 Å². The number of nitrogens with zero attached hydrogens (tertiary/aromatic N) is 1. The zero-order valence-corrected chi connectivity index (χ0v) is 10.6. The molecule has 0 aromatic carbocycles. The van der Waals surface area contributed by atoms with Gasteiger partial charge in [0.15, 0.2) is 0 Å². The van der Waals surface area contributed by atoms with Crippen LogP contribution in [0.4, 0.5) is 0 Å². The summed E-state index contributed by atoms with van der Waals surface area (Å²) in [7, 11) is 3.85. The minimum Gasteiger partial charge on any atom is -0.383 e. The molecule has 1 fully saturated rings. The molecule has 1 saturated carbocycles. The Kier molecular flexibility index (Phi) is 5.58. The number of ether oxygens (including phenoxy) is 1. The van der Waals surface area contributed by atoms with Gasteiger partial charge in [-0.25, -0.2) is 0 Å². The SMILES string of the molecule is CNC(CN(CCOC)C(C)C)C1CC1. The monoisotopic (exact) mass is 214 g/mol. The molecule has 0 radical (unpaired) electrons. The van der Waals surface area contributed by atoms with E-state index in [1.54, 1.807) is 7.11 Å². The maximum absolute atomic E-state index is 5.15. The largest absolute Gasteiger partial charge is 0.383 e. The van der Waals surface area contributed by atoms with Gasteiger partial charge in [0.1, 0.15) is 0 Å². The van der Waals surface area contributed by atoms with Crippen LogP contribution in [0.25, 0.3) is 0 Å². The Labute approximate surface area is 94.2 Å². The summed E-state index contributed by atoms with van der Waals surface area (Å²) in [5, 5.41) is 3.44. The molecule has 1 unspecified atom stereocenters. The lowest BCUT2D eigenvalue weighted by Crippen LogP contribution is -2.45. The third-order valence-electron chi connectivity index (χ3n) is 3.31. The van der Waals surface area contributed by atoms with Gasteiger partial charge in [-0.15, -0.1) is 0 Å². The molecule has 15 heavy (non-hydrogen) atoms. The highest BCUT2D eigenvalue weighted by Crippen LogP contribution is 2.32. The molecule has 1 rings (SSSR count). The Morgan fingerprint density at radius 3 is 2.47 bits per heavy atom. The molecule has 0 aliphatic heterocycles. The van der Waals surface area contributed by atoms with E-state index in [0.29, 0.717) is 12.1 Å². The average molecular weight is 214 g/mol. The standard InChI is InChI=1S/C12H26N2O/c1-10(2)14(7-8-15-4)9-12(13-3)11-5-6-11/h10-13H,5-9H2,1-4H3. The molecule has 0 spiro atoms. The first kappa shape index (κ1) is 12.9. The fourth-order valence-electron chi connectivity index (χ4n) is 2.00. The fraction of sp³-hybridized carbons (Fsp3) is 1.00. The van der Waals surface area contributed by atoms with Gasteiger partial charge in [-0.2, -0.15) is 0 Å². The van der Waals surface area contributed by atoms with Gasteiger partial charge in [0.2, 0.25) is 0 Å². The van der Waals surface area contributed by atoms with Crippen LogP contribution in [-0.2, 0) is 4.74 Å². The van der Waals surface area contributed by atoms with Crippen molar-refractivity contribution >= 4 is 0 Å². The number of rotatable bonds is 8. The number of nitrogens with one attached hydrogen (secondary N) is 1. The Morgan fingerprint density at radius 1 is 1.40 bits per heavy atom. The van der Waals surface area contributed by atoms with Crippen LogP contribution in [0, 0.1) is 5.92 Å². The molecular formula is C12H26N2O. The van der Waals surface area contributed by atoms with Gasteiger partial charge >= 0.3 is 0 Å². The van der Waals surface area contributed by atoms with Crippen molar-refractivity contribution in [1.29, 1.82) is 0 Å². The predicted octanol–water partition coefficient (Wildman–Crippen LogP) is 1.34. The van der Waals surface area contributed by atoms with E-state index < -0.39 is 0 Å². The van der Waals surface area contributed by atoms with Gasteiger partial charge < -0.3 is 10.1 Å². The second kappa shape index (κ2) is 6.46. The van der Waals surface area contributed by atoms with Crippen LogP contribution >= 0.6 is 0 Å². The highest BCUT2D eigenvalue weighted by atomic mass is 16.5. The second-order valence-corrected chi connectivity index (χ2v) is 4.81. The quantitative estimate of drug-likeness (QED) is 0.660. The van der Waals surface area contributed by atoms with E-state index in [-0.39, 0.29) is 0 Å². The third kappa shape index (κ3) is 4.49. The van der Waals surface area contributed by atoms with Crippen molar-refractivity contribution in [3.05, 3.63) is 0 Å². The van der Waals surface area contributed by atoms with E-state index in [1.165, 1.54) is 12.8 Å². The van der Waals surface area contributed by atoms with Crippen molar-refractivity contribution in [2.45, 2.75) is 38.8 Å². The topological polar surface area (TPSA) is 24.5 Å². The molecule has 1 aliphatic rings. The summed E-state index contributed by atoms with van der Waals surface area (Å²) in [6, 6.07) is 1.28. The highest BCUT2D eigenvalue weighted by Gasteiger charge is 2.31. The molecule has 1 atom stereocenters. The van der Waals surface area contributed by atoms with Crippen LogP contribution in [0.15, 0.2) is 0 Å². The second-order valence-electron chi connectivity index (χ2n) is 4.81. The number of hydrogen-bond donors (Lipinski definition) is 1. The lowest BCUT2D eigenvalue weighted by atomic mass is 10.1. The summed E-state index contributed by atoms with van der Waals surface area (Å²) in [6.45, 7) is 7.55. The maximum Gasteiger partial charge on any atom is 0.0589 e. The van der Waals surface area contributed by atoms with Crippen LogP contribution in [-0.4, -0.2) is 50.8 Å². The Morgan fingerprint density at radius 2 is 2.07 bits per heavy atom. The minimum absolute atomic E-state index is 0.606.